The largest absolute Gasteiger partial charge is 0.360 e. The number of halogens is 1. The van der Waals surface area contributed by atoms with Gasteiger partial charge in [-0.05, 0) is 40.8 Å². The van der Waals surface area contributed by atoms with E-state index in [9.17, 15) is 0 Å². The van der Waals surface area contributed by atoms with Crippen LogP contribution in [-0.2, 0) is 6.67 Å². The summed E-state index contributed by atoms with van der Waals surface area (Å²) >= 11 is 11.6. The van der Waals surface area contributed by atoms with Crippen LogP contribution in [0.3, 0.4) is 0 Å². The van der Waals surface area contributed by atoms with Gasteiger partial charge >= 0.3 is 0 Å². The molecule has 7 nitrogen and oxygen atoms in total. The van der Waals surface area contributed by atoms with E-state index < -0.39 is 0 Å². The minimum absolute atomic E-state index is 0.584. The quantitative estimate of drug-likeness (QED) is 0.665. The van der Waals surface area contributed by atoms with Crippen molar-refractivity contribution in [1.82, 2.24) is 19.8 Å². The van der Waals surface area contributed by atoms with Gasteiger partial charge in [-0.2, -0.15) is 9.36 Å². The highest BCUT2D eigenvalue weighted by molar-refractivity contribution is 7.71. The Labute approximate surface area is 161 Å². The maximum atomic E-state index is 6.06. The summed E-state index contributed by atoms with van der Waals surface area (Å²) in [5, 5.41) is 9.08. The van der Waals surface area contributed by atoms with Gasteiger partial charge < -0.3 is 9.80 Å². The third-order valence-electron chi connectivity index (χ3n) is 4.60. The normalized spacial score (nSPS) is 15.3. The molecule has 0 saturated carbocycles. The van der Waals surface area contributed by atoms with Gasteiger partial charge in [-0.15, -0.1) is 0 Å². The Morgan fingerprint density at radius 3 is 2.58 bits per heavy atom. The minimum atomic E-state index is 0.584. The van der Waals surface area contributed by atoms with Gasteiger partial charge in [0.2, 0.25) is 4.77 Å². The minimum Gasteiger partial charge on any atom is -0.360 e. The summed E-state index contributed by atoms with van der Waals surface area (Å²) in [6, 6.07) is 11.7. The number of aromatic nitrogens is 5. The van der Waals surface area contributed by atoms with E-state index in [2.05, 4.69) is 32.4 Å². The number of piperazine rings is 1. The van der Waals surface area contributed by atoms with Crippen molar-refractivity contribution in [2.24, 2.45) is 0 Å². The van der Waals surface area contributed by atoms with Crippen molar-refractivity contribution in [2.75, 3.05) is 31.1 Å². The highest BCUT2D eigenvalue weighted by atomic mass is 35.5. The predicted molar refractivity (Wildman–Crippen MR) is 101 cm³/mol. The van der Waals surface area contributed by atoms with Gasteiger partial charge in [-0.1, -0.05) is 17.7 Å². The SMILES string of the molecule is S=c1n(C[NH+]2CCN(c3cc[nH+]cc3)CC2)nnn1-c1cccc(Cl)c1. The first-order valence-corrected chi connectivity index (χ1v) is 9.33. The van der Waals surface area contributed by atoms with E-state index in [1.54, 1.807) is 9.36 Å². The summed E-state index contributed by atoms with van der Waals surface area (Å²) in [5.74, 6) is 0. The van der Waals surface area contributed by atoms with Crippen LogP contribution in [-0.4, -0.2) is 46.0 Å². The lowest BCUT2D eigenvalue weighted by molar-refractivity contribution is -0.924. The van der Waals surface area contributed by atoms with Crippen LogP contribution in [0.5, 0.6) is 0 Å². The summed E-state index contributed by atoms with van der Waals surface area (Å²) in [7, 11) is 0. The highest BCUT2D eigenvalue weighted by Gasteiger charge is 2.21. The maximum Gasteiger partial charge on any atom is 0.225 e. The Hall–Kier alpha value is -2.29. The fraction of sp³-hybridized carbons (Fsp3) is 0.294. The summed E-state index contributed by atoms with van der Waals surface area (Å²) in [6.07, 6.45) is 3.92. The molecular formula is C17H20ClN7S+2. The lowest BCUT2D eigenvalue weighted by Gasteiger charge is -2.32. The van der Waals surface area contributed by atoms with Gasteiger partial charge in [-0.25, -0.2) is 4.98 Å². The predicted octanol–water partition coefficient (Wildman–Crippen LogP) is 0.628. The third kappa shape index (κ3) is 3.62. The molecule has 1 saturated heterocycles. The van der Waals surface area contributed by atoms with Gasteiger partial charge in [0.15, 0.2) is 19.1 Å². The molecule has 0 aliphatic carbocycles. The zero-order chi connectivity index (χ0) is 17.9. The Morgan fingerprint density at radius 2 is 1.85 bits per heavy atom. The van der Waals surface area contributed by atoms with Crippen LogP contribution in [0.25, 0.3) is 5.69 Å². The van der Waals surface area contributed by atoms with Gasteiger partial charge in [-0.3, -0.25) is 0 Å². The maximum absolute atomic E-state index is 6.06. The molecular weight excluding hydrogens is 370 g/mol. The molecule has 2 aromatic heterocycles. The van der Waals surface area contributed by atoms with E-state index in [-0.39, 0.29) is 0 Å². The summed E-state index contributed by atoms with van der Waals surface area (Å²) in [4.78, 5) is 6.91. The Kier molecular flexibility index (Phi) is 4.96. The fourth-order valence-electron chi connectivity index (χ4n) is 3.18. The number of nitrogens with zero attached hydrogens (tertiary/aromatic N) is 5. The molecule has 26 heavy (non-hydrogen) atoms. The molecule has 3 heterocycles. The van der Waals surface area contributed by atoms with Crippen LogP contribution >= 0.6 is 23.8 Å². The Balaban J connectivity index is 1.42. The Bertz CT molecular complexity index is 932. The molecule has 9 heteroatoms. The molecule has 0 radical (unpaired) electrons. The van der Waals surface area contributed by atoms with Gasteiger partial charge in [0, 0.05) is 22.8 Å². The number of rotatable bonds is 4. The molecule has 0 spiro atoms. The molecule has 1 fully saturated rings. The zero-order valence-electron chi connectivity index (χ0n) is 14.2. The van der Waals surface area contributed by atoms with Crippen LogP contribution in [0.15, 0.2) is 48.8 Å². The summed E-state index contributed by atoms with van der Waals surface area (Å²) in [5.41, 5.74) is 2.08. The number of nitrogens with one attached hydrogen (secondary N) is 2. The number of anilines is 1. The molecule has 0 bridgehead atoms. The van der Waals surface area contributed by atoms with Gasteiger partial charge in [0.1, 0.15) is 0 Å². The second-order valence-electron chi connectivity index (χ2n) is 6.31. The van der Waals surface area contributed by atoms with Crippen molar-refractivity contribution in [1.29, 1.82) is 0 Å². The lowest BCUT2D eigenvalue weighted by atomic mass is 10.3. The average molecular weight is 390 g/mol. The highest BCUT2D eigenvalue weighted by Crippen LogP contribution is 2.14. The summed E-state index contributed by atoms with van der Waals surface area (Å²) < 4.78 is 4.02. The second-order valence-corrected chi connectivity index (χ2v) is 7.11. The van der Waals surface area contributed by atoms with E-state index in [0.29, 0.717) is 9.79 Å². The van der Waals surface area contributed by atoms with E-state index in [1.165, 1.54) is 10.6 Å². The molecule has 4 rings (SSSR count). The third-order valence-corrected chi connectivity index (χ3v) is 5.22. The zero-order valence-corrected chi connectivity index (χ0v) is 15.7. The Morgan fingerprint density at radius 1 is 1.08 bits per heavy atom. The molecule has 1 aliphatic heterocycles. The molecule has 0 amide bonds. The number of tetrazole rings is 1. The molecule has 1 aliphatic rings. The first kappa shape index (κ1) is 17.1. The number of pyridine rings is 1. The average Bonchev–Trinajstić information content (AvgIpc) is 3.03. The smallest absolute Gasteiger partial charge is 0.225 e. The van der Waals surface area contributed by atoms with Crippen LogP contribution in [0.2, 0.25) is 5.02 Å². The van der Waals surface area contributed by atoms with Crippen molar-refractivity contribution < 1.29 is 9.88 Å². The van der Waals surface area contributed by atoms with Gasteiger partial charge in [0.05, 0.1) is 31.9 Å². The number of hydrogen-bond donors (Lipinski definition) is 1. The first-order chi connectivity index (χ1) is 12.7. The van der Waals surface area contributed by atoms with Crippen LogP contribution in [0.4, 0.5) is 5.69 Å². The van der Waals surface area contributed by atoms with Crippen molar-refractivity contribution in [3.8, 4) is 5.69 Å². The van der Waals surface area contributed by atoms with Crippen LogP contribution in [0, 0.1) is 4.77 Å². The van der Waals surface area contributed by atoms with E-state index in [0.717, 1.165) is 38.5 Å². The summed E-state index contributed by atoms with van der Waals surface area (Å²) in [6.45, 7) is 4.80. The van der Waals surface area contributed by atoms with E-state index in [1.807, 2.05) is 36.7 Å². The fourth-order valence-corrected chi connectivity index (χ4v) is 3.61. The molecule has 2 N–H and O–H groups in total. The number of H-pyrrole nitrogens is 1. The van der Waals surface area contributed by atoms with Crippen molar-refractivity contribution in [2.45, 2.75) is 6.67 Å². The van der Waals surface area contributed by atoms with Crippen LogP contribution in [0.1, 0.15) is 0 Å². The second kappa shape index (κ2) is 7.53. The molecule has 0 unspecified atom stereocenters. The van der Waals surface area contributed by atoms with Crippen LogP contribution < -0.4 is 14.8 Å². The van der Waals surface area contributed by atoms with Gasteiger partial charge in [0.25, 0.3) is 0 Å². The molecule has 134 valence electrons. The number of hydrogen-bond acceptors (Lipinski definition) is 4. The lowest BCUT2D eigenvalue weighted by Crippen LogP contribution is -3.14. The number of quaternary nitrogens is 1. The standard InChI is InChI=1S/C17H18ClN7S/c18-14-2-1-3-16(12-14)25-17(26)24(20-21-25)13-22-8-10-23(11-9-22)15-4-6-19-7-5-15/h1-7,12H,8-11,13H2/p+2. The molecule has 0 atom stereocenters. The van der Waals surface area contributed by atoms with E-state index >= 15 is 0 Å². The topological polar surface area (TPSA) is 57.5 Å². The van der Waals surface area contributed by atoms with Crippen molar-refractivity contribution in [3.63, 3.8) is 0 Å². The number of aromatic amines is 1. The monoisotopic (exact) mass is 389 g/mol. The van der Waals surface area contributed by atoms with E-state index in [4.69, 9.17) is 23.8 Å². The van der Waals surface area contributed by atoms with Crippen molar-refractivity contribution >= 4 is 29.5 Å². The number of benzene rings is 1. The molecule has 3 aromatic rings. The first-order valence-electron chi connectivity index (χ1n) is 8.54. The molecule has 1 aromatic carbocycles. The van der Waals surface area contributed by atoms with Crippen molar-refractivity contribution in [3.05, 3.63) is 58.6 Å².